The fraction of sp³-hybridized carbons (Fsp3) is 0.429. The van der Waals surface area contributed by atoms with E-state index in [2.05, 4.69) is 67.1 Å². The molecule has 1 amide bonds. The van der Waals surface area contributed by atoms with Gasteiger partial charge in [0.2, 0.25) is 5.91 Å². The number of nitrogens with zero attached hydrogens (tertiary/aromatic N) is 2. The topological polar surface area (TPSA) is 64.9 Å². The third-order valence-corrected chi connectivity index (χ3v) is 4.71. The van der Waals surface area contributed by atoms with Crippen LogP contribution in [0.25, 0.3) is 5.69 Å². The molecule has 1 fully saturated rings. The Bertz CT molecular complexity index is 857. The third kappa shape index (κ3) is 4.46. The van der Waals surface area contributed by atoms with Gasteiger partial charge in [-0.1, -0.05) is 6.07 Å². The maximum atomic E-state index is 12.1. The van der Waals surface area contributed by atoms with E-state index in [1.165, 1.54) is 11.1 Å². The molecule has 0 unspecified atom stereocenters. The van der Waals surface area contributed by atoms with E-state index in [1.807, 2.05) is 0 Å². The molecule has 0 bridgehead atoms. The molecule has 0 aliphatic carbocycles. The molecule has 1 aromatic heterocycles. The summed E-state index contributed by atoms with van der Waals surface area (Å²) in [7, 11) is 0. The number of amides is 1. The van der Waals surface area contributed by atoms with E-state index in [-0.39, 0.29) is 12.3 Å². The summed E-state index contributed by atoms with van der Waals surface area (Å²) in [5, 5.41) is 4.11. The summed E-state index contributed by atoms with van der Waals surface area (Å²) in [4.78, 5) is 12.1. The van der Waals surface area contributed by atoms with Gasteiger partial charge in [0.1, 0.15) is 0 Å². The lowest BCUT2D eigenvalue weighted by Gasteiger charge is -2.20. The van der Waals surface area contributed by atoms with Gasteiger partial charge in [-0.3, -0.25) is 4.79 Å². The zero-order valence-electron chi connectivity index (χ0n) is 16.6. The van der Waals surface area contributed by atoms with Crippen LogP contribution in [-0.2, 0) is 14.3 Å². The Kier molecular flexibility index (Phi) is 5.48. The van der Waals surface area contributed by atoms with Gasteiger partial charge in [-0.25, -0.2) is 5.43 Å². The number of aryl methyl sites for hydroxylation is 3. The first-order valence-electron chi connectivity index (χ1n) is 9.15. The fourth-order valence-electron chi connectivity index (χ4n) is 3.56. The maximum absolute atomic E-state index is 12.1. The highest BCUT2D eigenvalue weighted by molar-refractivity contribution is 5.84. The van der Waals surface area contributed by atoms with E-state index < -0.39 is 5.79 Å². The maximum Gasteiger partial charge on any atom is 0.245 e. The van der Waals surface area contributed by atoms with E-state index in [0.29, 0.717) is 13.2 Å². The van der Waals surface area contributed by atoms with E-state index in [4.69, 9.17) is 9.47 Å². The van der Waals surface area contributed by atoms with Crippen molar-refractivity contribution in [3.63, 3.8) is 0 Å². The highest BCUT2D eigenvalue weighted by Gasteiger charge is 2.33. The molecular weight excluding hydrogens is 342 g/mol. The van der Waals surface area contributed by atoms with Gasteiger partial charge in [-0.05, 0) is 63.9 Å². The van der Waals surface area contributed by atoms with Crippen LogP contribution in [0.5, 0.6) is 0 Å². The van der Waals surface area contributed by atoms with E-state index in [0.717, 1.165) is 22.6 Å². The number of nitrogens with one attached hydrogen (secondary N) is 1. The Hall–Kier alpha value is -2.44. The van der Waals surface area contributed by atoms with Crippen molar-refractivity contribution < 1.29 is 14.3 Å². The molecule has 0 spiro atoms. The lowest BCUT2D eigenvalue weighted by atomic mass is 10.1. The average Bonchev–Trinajstić information content (AvgIpc) is 3.10. The normalized spacial score (nSPS) is 16.2. The first kappa shape index (κ1) is 19.3. The highest BCUT2D eigenvalue weighted by atomic mass is 16.7. The zero-order valence-corrected chi connectivity index (χ0v) is 16.6. The molecule has 1 aromatic carbocycles. The molecule has 6 nitrogen and oxygen atoms in total. The Balaban J connectivity index is 1.72. The van der Waals surface area contributed by atoms with Crippen LogP contribution in [0.1, 0.15) is 41.4 Å². The number of carbonyl (C=O) groups excluding carboxylic acids is 1. The lowest BCUT2D eigenvalue weighted by molar-refractivity contribution is -0.159. The van der Waals surface area contributed by atoms with Crippen LogP contribution in [-0.4, -0.2) is 35.7 Å². The molecule has 1 aliphatic rings. The van der Waals surface area contributed by atoms with Gasteiger partial charge >= 0.3 is 0 Å². The van der Waals surface area contributed by atoms with Crippen molar-refractivity contribution in [1.29, 1.82) is 0 Å². The van der Waals surface area contributed by atoms with Crippen LogP contribution >= 0.6 is 0 Å². The smallest absolute Gasteiger partial charge is 0.245 e. The molecule has 0 radical (unpaired) electrons. The van der Waals surface area contributed by atoms with Gasteiger partial charge < -0.3 is 14.0 Å². The van der Waals surface area contributed by atoms with Crippen molar-refractivity contribution in [1.82, 2.24) is 9.99 Å². The fourth-order valence-corrected chi connectivity index (χ4v) is 3.56. The van der Waals surface area contributed by atoms with Crippen molar-refractivity contribution in [2.75, 3.05) is 13.2 Å². The highest BCUT2D eigenvalue weighted by Crippen LogP contribution is 2.23. The molecule has 0 saturated carbocycles. The SMILES string of the molecule is Cc1cc(C)cc(-n2c(C)cc(/C=N\NC(=O)CC3(C)OCCO3)c2C)c1. The largest absolute Gasteiger partial charge is 0.347 e. The number of carbonyl (C=O) groups is 1. The van der Waals surface area contributed by atoms with Gasteiger partial charge in [0, 0.05) is 22.6 Å². The Morgan fingerprint density at radius 1 is 1.15 bits per heavy atom. The molecule has 27 heavy (non-hydrogen) atoms. The van der Waals surface area contributed by atoms with Crippen LogP contribution in [0, 0.1) is 27.7 Å². The van der Waals surface area contributed by atoms with Gasteiger partial charge in [0.15, 0.2) is 5.79 Å². The quantitative estimate of drug-likeness (QED) is 0.650. The summed E-state index contributed by atoms with van der Waals surface area (Å²) >= 11 is 0. The number of rotatable bonds is 5. The second-order valence-electron chi connectivity index (χ2n) is 7.31. The summed E-state index contributed by atoms with van der Waals surface area (Å²) in [6.07, 6.45) is 1.80. The molecule has 0 atom stereocenters. The van der Waals surface area contributed by atoms with Gasteiger partial charge in [-0.2, -0.15) is 5.10 Å². The standard InChI is InChI=1S/C21H27N3O3/c1-14-8-15(2)10-19(9-14)24-16(3)11-18(17(24)4)13-22-23-20(25)12-21(5)26-6-7-27-21/h8-11,13H,6-7,12H2,1-5H3,(H,23,25)/b22-13-. The Morgan fingerprint density at radius 3 is 2.41 bits per heavy atom. The van der Waals surface area contributed by atoms with Crippen molar-refractivity contribution in [2.45, 2.75) is 46.8 Å². The molecule has 6 heteroatoms. The molecular formula is C21H27N3O3. The number of hydrogen-bond donors (Lipinski definition) is 1. The summed E-state index contributed by atoms with van der Waals surface area (Å²) in [5.41, 5.74) is 9.30. The average molecular weight is 369 g/mol. The monoisotopic (exact) mass is 369 g/mol. The van der Waals surface area contributed by atoms with Gasteiger partial charge in [-0.15, -0.1) is 0 Å². The van der Waals surface area contributed by atoms with Crippen molar-refractivity contribution in [3.05, 3.63) is 52.3 Å². The number of benzene rings is 1. The summed E-state index contributed by atoms with van der Waals surface area (Å²) in [6.45, 7) is 11.1. The molecule has 2 aromatic rings. The Morgan fingerprint density at radius 2 is 1.78 bits per heavy atom. The third-order valence-electron chi connectivity index (χ3n) is 4.71. The van der Waals surface area contributed by atoms with Crippen molar-refractivity contribution >= 4 is 12.1 Å². The molecule has 1 aliphatic heterocycles. The van der Waals surface area contributed by atoms with Crippen LogP contribution in [0.4, 0.5) is 0 Å². The summed E-state index contributed by atoms with van der Waals surface area (Å²) in [5.74, 6) is -1.09. The molecule has 2 heterocycles. The second kappa shape index (κ2) is 7.66. The predicted molar refractivity (Wildman–Crippen MR) is 105 cm³/mol. The summed E-state index contributed by atoms with van der Waals surface area (Å²) in [6, 6.07) is 8.55. The van der Waals surface area contributed by atoms with Crippen LogP contribution in [0.2, 0.25) is 0 Å². The zero-order chi connectivity index (χ0) is 19.6. The number of hydrogen-bond acceptors (Lipinski definition) is 4. The second-order valence-corrected chi connectivity index (χ2v) is 7.31. The predicted octanol–water partition coefficient (Wildman–Crippen LogP) is 3.31. The number of hydrazone groups is 1. The van der Waals surface area contributed by atoms with Crippen molar-refractivity contribution in [3.8, 4) is 5.69 Å². The van der Waals surface area contributed by atoms with Crippen LogP contribution in [0.15, 0.2) is 29.4 Å². The van der Waals surface area contributed by atoms with Gasteiger partial charge in [0.05, 0.1) is 25.8 Å². The number of aromatic nitrogens is 1. The van der Waals surface area contributed by atoms with E-state index >= 15 is 0 Å². The number of ether oxygens (including phenoxy) is 2. The molecule has 144 valence electrons. The Labute approximate surface area is 160 Å². The minimum Gasteiger partial charge on any atom is -0.347 e. The first-order chi connectivity index (χ1) is 12.8. The lowest BCUT2D eigenvalue weighted by Crippen LogP contribution is -2.33. The van der Waals surface area contributed by atoms with E-state index in [9.17, 15) is 4.79 Å². The molecule has 3 rings (SSSR count). The molecule has 1 N–H and O–H groups in total. The van der Waals surface area contributed by atoms with Crippen LogP contribution < -0.4 is 5.43 Å². The van der Waals surface area contributed by atoms with Crippen molar-refractivity contribution in [2.24, 2.45) is 5.10 Å². The minimum absolute atomic E-state index is 0.117. The first-order valence-corrected chi connectivity index (χ1v) is 9.15. The van der Waals surface area contributed by atoms with E-state index in [1.54, 1.807) is 13.1 Å². The summed E-state index contributed by atoms with van der Waals surface area (Å²) < 4.78 is 13.1. The minimum atomic E-state index is -0.849. The van der Waals surface area contributed by atoms with Crippen LogP contribution in [0.3, 0.4) is 0 Å². The molecule has 1 saturated heterocycles. The van der Waals surface area contributed by atoms with Gasteiger partial charge in [0.25, 0.3) is 0 Å².